The van der Waals surface area contributed by atoms with Crippen LogP contribution in [-0.4, -0.2) is 91.8 Å². The number of benzene rings is 2. The molecule has 0 aliphatic carbocycles. The van der Waals surface area contributed by atoms with Gasteiger partial charge in [0, 0.05) is 18.8 Å². The summed E-state index contributed by atoms with van der Waals surface area (Å²) >= 11 is 1.49. The summed E-state index contributed by atoms with van der Waals surface area (Å²) in [5, 5.41) is 14.4. The van der Waals surface area contributed by atoms with E-state index in [1.165, 1.54) is 22.7 Å². The van der Waals surface area contributed by atoms with Gasteiger partial charge in [0.1, 0.15) is 19.7 Å². The zero-order chi connectivity index (χ0) is 33.9. The number of ether oxygens (including phenoxy) is 2. The molecule has 248 valence electrons. The topological polar surface area (TPSA) is 198 Å². The number of carboxylic acid groups (broad SMARTS) is 1. The van der Waals surface area contributed by atoms with E-state index in [1.807, 2.05) is 68.6 Å². The molecule has 0 aliphatic rings. The number of aromatic amines is 1. The van der Waals surface area contributed by atoms with E-state index in [4.69, 9.17) is 9.47 Å². The van der Waals surface area contributed by atoms with Gasteiger partial charge in [-0.1, -0.05) is 59.7 Å². The lowest BCUT2D eigenvalue weighted by Crippen LogP contribution is -2.43. The third kappa shape index (κ3) is 9.80. The third-order valence-corrected chi connectivity index (χ3v) is 7.41. The summed E-state index contributed by atoms with van der Waals surface area (Å²) in [4.78, 5) is 73.8. The van der Waals surface area contributed by atoms with Gasteiger partial charge in [-0.15, -0.1) is 0 Å². The molecule has 2 aromatic carbocycles. The number of carbonyl (C=O) groups is 4. The fourth-order valence-corrected chi connectivity index (χ4v) is 4.68. The van der Waals surface area contributed by atoms with Crippen LogP contribution in [0.15, 0.2) is 59.7 Å². The van der Waals surface area contributed by atoms with E-state index in [1.54, 1.807) is 0 Å². The fraction of sp³-hybridized carbons (Fsp3) is 0.323. The monoisotopic (exact) mass is 665 g/mol. The largest absolute Gasteiger partial charge is 0.480 e. The summed E-state index contributed by atoms with van der Waals surface area (Å²) in [5.74, 6) is -1.55. The van der Waals surface area contributed by atoms with Crippen LogP contribution in [0.3, 0.4) is 0 Å². The summed E-state index contributed by atoms with van der Waals surface area (Å²) < 4.78 is 12.0. The molecule has 3 amide bonds. The molecule has 0 aliphatic heterocycles. The Morgan fingerprint density at radius 2 is 1.66 bits per heavy atom. The first-order valence-electron chi connectivity index (χ1n) is 14.5. The van der Waals surface area contributed by atoms with Crippen LogP contribution in [0.4, 0.5) is 15.5 Å². The first-order valence-corrected chi connectivity index (χ1v) is 15.9. The molecule has 2 aromatic heterocycles. The number of hydrogen-bond donors (Lipinski definition) is 4. The Labute approximate surface area is 273 Å². The van der Waals surface area contributed by atoms with Crippen molar-refractivity contribution in [2.24, 2.45) is 0 Å². The zero-order valence-corrected chi connectivity index (χ0v) is 26.8. The lowest BCUT2D eigenvalue weighted by atomic mass is 9.99. The molecule has 2 heterocycles. The van der Waals surface area contributed by atoms with Crippen LogP contribution in [0, 0.1) is 13.8 Å². The number of anilines is 1. The second-order valence-electron chi connectivity index (χ2n) is 10.5. The molecule has 16 heteroatoms. The van der Waals surface area contributed by atoms with Gasteiger partial charge in [0.05, 0.1) is 6.33 Å². The lowest BCUT2D eigenvalue weighted by Gasteiger charge is -2.22. The molecule has 0 radical (unpaired) electrons. The van der Waals surface area contributed by atoms with E-state index >= 15 is 0 Å². The number of H-pyrrole nitrogens is 1. The molecule has 0 spiro atoms. The molecule has 0 bridgehead atoms. The van der Waals surface area contributed by atoms with Crippen molar-refractivity contribution in [2.45, 2.75) is 26.5 Å². The summed E-state index contributed by atoms with van der Waals surface area (Å²) in [7, 11) is 0. The molecule has 0 saturated carbocycles. The average Bonchev–Trinajstić information content (AvgIpc) is 3.43. The second-order valence-corrected chi connectivity index (χ2v) is 11.4. The molecule has 0 atom stereocenters. The number of alkyl carbamates (subject to hydrolysis) is 1. The van der Waals surface area contributed by atoms with Gasteiger partial charge in [0.25, 0.3) is 5.56 Å². The maximum Gasteiger partial charge on any atom is 0.413 e. The van der Waals surface area contributed by atoms with Crippen LogP contribution >= 0.6 is 11.8 Å². The van der Waals surface area contributed by atoms with E-state index in [9.17, 15) is 29.1 Å². The number of nitrogens with one attached hydrogen (secondary N) is 3. The van der Waals surface area contributed by atoms with Crippen molar-refractivity contribution in [3.8, 4) is 0 Å². The zero-order valence-electron chi connectivity index (χ0n) is 26.0. The maximum atomic E-state index is 13.2. The smallest absolute Gasteiger partial charge is 0.413 e. The van der Waals surface area contributed by atoms with Crippen molar-refractivity contribution in [3.05, 3.63) is 87.5 Å². The van der Waals surface area contributed by atoms with Crippen LogP contribution in [0.25, 0.3) is 11.2 Å². The summed E-state index contributed by atoms with van der Waals surface area (Å²) in [6.07, 6.45) is 0.779. The SMILES string of the molecule is CSCCOC(=O)Nc1nc2c(ncn2CC(=O)N(CCNC(=O)OC(c2ccc(C)cc2)c2ccc(C)cc2)CC(=O)O)c(=O)[nH]1. The maximum absolute atomic E-state index is 13.2. The van der Waals surface area contributed by atoms with Crippen LogP contribution < -0.4 is 16.2 Å². The number of hydrogen-bond acceptors (Lipinski definition) is 10. The van der Waals surface area contributed by atoms with Crippen molar-refractivity contribution in [2.75, 3.05) is 43.6 Å². The number of nitrogens with zero attached hydrogens (tertiary/aromatic N) is 4. The number of thioether (sulfide) groups is 1. The van der Waals surface area contributed by atoms with E-state index < -0.39 is 48.8 Å². The molecule has 4 aromatic rings. The molecule has 0 unspecified atom stereocenters. The van der Waals surface area contributed by atoms with Crippen molar-refractivity contribution >= 4 is 52.9 Å². The fourth-order valence-electron chi connectivity index (χ4n) is 4.43. The number of fused-ring (bicyclic) bond motifs is 1. The highest BCUT2D eigenvalue weighted by molar-refractivity contribution is 7.98. The van der Waals surface area contributed by atoms with Crippen molar-refractivity contribution in [3.63, 3.8) is 0 Å². The number of aryl methyl sites for hydroxylation is 2. The minimum Gasteiger partial charge on any atom is -0.480 e. The number of aliphatic carboxylic acids is 1. The minimum atomic E-state index is -1.27. The number of rotatable bonds is 14. The molecule has 4 rings (SSSR count). The lowest BCUT2D eigenvalue weighted by molar-refractivity contribution is -0.144. The Balaban J connectivity index is 1.41. The average molecular weight is 666 g/mol. The second kappa shape index (κ2) is 16.3. The van der Waals surface area contributed by atoms with Gasteiger partial charge in [-0.25, -0.2) is 14.6 Å². The van der Waals surface area contributed by atoms with Crippen LogP contribution in [0.2, 0.25) is 0 Å². The Bertz CT molecular complexity index is 1730. The van der Waals surface area contributed by atoms with Crippen molar-refractivity contribution in [1.82, 2.24) is 29.7 Å². The van der Waals surface area contributed by atoms with Gasteiger partial charge in [-0.3, -0.25) is 24.7 Å². The van der Waals surface area contributed by atoms with Gasteiger partial charge in [-0.2, -0.15) is 16.7 Å². The predicted octanol–water partition coefficient (Wildman–Crippen LogP) is 3.08. The van der Waals surface area contributed by atoms with E-state index in [-0.39, 0.29) is 36.8 Å². The molecule has 47 heavy (non-hydrogen) atoms. The Morgan fingerprint density at radius 3 is 2.26 bits per heavy atom. The van der Waals surface area contributed by atoms with Gasteiger partial charge in [0.15, 0.2) is 17.3 Å². The van der Waals surface area contributed by atoms with Crippen molar-refractivity contribution < 1.29 is 33.8 Å². The Morgan fingerprint density at radius 1 is 1.02 bits per heavy atom. The number of imidazole rings is 1. The van der Waals surface area contributed by atoms with Crippen LogP contribution in [-0.2, 0) is 25.6 Å². The molecular formula is C31H35N7O8S. The first kappa shape index (κ1) is 34.5. The quantitative estimate of drug-likeness (QED) is 0.144. The van der Waals surface area contributed by atoms with Gasteiger partial charge >= 0.3 is 18.2 Å². The summed E-state index contributed by atoms with van der Waals surface area (Å²) in [6.45, 7) is 2.71. The standard InChI is InChI=1S/C31H35N7O8S/c1-19-4-8-21(9-5-19)26(22-10-6-20(2)7-11-22)46-30(43)32-12-13-37(17-24(40)41)23(39)16-38-18-33-25-27(38)34-29(35-28(25)42)36-31(44)45-14-15-47-3/h4-11,18,26H,12-17H2,1-3H3,(H,32,43)(H,40,41)(H2,34,35,36,42,44). The number of carbonyl (C=O) groups excluding carboxylic acids is 3. The highest BCUT2D eigenvalue weighted by Crippen LogP contribution is 2.27. The third-order valence-electron chi connectivity index (χ3n) is 6.84. The molecule has 4 N–H and O–H groups in total. The Hall–Kier alpha value is -5.38. The predicted molar refractivity (Wildman–Crippen MR) is 174 cm³/mol. The number of amides is 3. The van der Waals surface area contributed by atoms with Crippen LogP contribution in [0.5, 0.6) is 0 Å². The van der Waals surface area contributed by atoms with Gasteiger partial charge in [0.2, 0.25) is 11.9 Å². The molecule has 0 fully saturated rings. The normalized spacial score (nSPS) is 10.9. The van der Waals surface area contributed by atoms with E-state index in [2.05, 4.69) is 25.6 Å². The molecule has 0 saturated heterocycles. The minimum absolute atomic E-state index is 0.0169. The summed E-state index contributed by atoms with van der Waals surface area (Å²) in [6, 6.07) is 15.2. The molecular weight excluding hydrogens is 630 g/mol. The Kier molecular flexibility index (Phi) is 11.9. The van der Waals surface area contributed by atoms with E-state index in [0.29, 0.717) is 5.75 Å². The van der Waals surface area contributed by atoms with Crippen molar-refractivity contribution in [1.29, 1.82) is 0 Å². The summed E-state index contributed by atoms with van der Waals surface area (Å²) in [5.41, 5.74) is 2.86. The number of aromatic nitrogens is 4. The highest BCUT2D eigenvalue weighted by atomic mass is 32.2. The highest BCUT2D eigenvalue weighted by Gasteiger charge is 2.22. The van der Waals surface area contributed by atoms with Gasteiger partial charge in [-0.05, 0) is 31.2 Å². The van der Waals surface area contributed by atoms with Crippen LogP contribution in [0.1, 0.15) is 28.4 Å². The van der Waals surface area contributed by atoms with E-state index in [0.717, 1.165) is 27.2 Å². The molecule has 15 nitrogen and oxygen atoms in total. The number of carboxylic acids is 1. The first-order chi connectivity index (χ1) is 22.5. The van der Waals surface area contributed by atoms with Gasteiger partial charge < -0.3 is 29.4 Å².